The lowest BCUT2D eigenvalue weighted by Crippen LogP contribution is -2.28. The normalized spacial score (nSPS) is 16.1. The van der Waals surface area contributed by atoms with Gasteiger partial charge in [-0.05, 0) is 32.6 Å². The van der Waals surface area contributed by atoms with Crippen molar-refractivity contribution in [1.29, 1.82) is 0 Å². The number of hydrogen-bond acceptors (Lipinski definition) is 4. The molecule has 0 bridgehead atoms. The Hall–Kier alpha value is -1.52. The van der Waals surface area contributed by atoms with Gasteiger partial charge in [0.25, 0.3) is 5.56 Å². The molecule has 5 heteroatoms. The molecular weight excluding hydrogens is 230 g/mol. The molecule has 1 fully saturated rings. The van der Waals surface area contributed by atoms with Crippen LogP contribution in [0.5, 0.6) is 5.88 Å². The van der Waals surface area contributed by atoms with Gasteiger partial charge in [0, 0.05) is 13.1 Å². The van der Waals surface area contributed by atoms with Crippen LogP contribution >= 0.6 is 0 Å². The third-order valence-electron chi connectivity index (χ3n) is 3.75. The van der Waals surface area contributed by atoms with Crippen LogP contribution in [0.25, 0.3) is 0 Å². The SMILES string of the molecule is CCN(CC)c1nc(O)c(C2CCCC2)c(=O)[nH]1. The van der Waals surface area contributed by atoms with Gasteiger partial charge >= 0.3 is 0 Å². The Kier molecular flexibility index (Phi) is 3.89. The third kappa shape index (κ3) is 2.35. The number of H-pyrrole nitrogens is 1. The van der Waals surface area contributed by atoms with Gasteiger partial charge in [-0.2, -0.15) is 4.98 Å². The van der Waals surface area contributed by atoms with E-state index < -0.39 is 0 Å². The highest BCUT2D eigenvalue weighted by molar-refractivity contribution is 5.37. The van der Waals surface area contributed by atoms with E-state index in [9.17, 15) is 9.90 Å². The van der Waals surface area contributed by atoms with Crippen LogP contribution in [0.15, 0.2) is 4.79 Å². The van der Waals surface area contributed by atoms with Crippen molar-refractivity contribution in [1.82, 2.24) is 9.97 Å². The molecule has 100 valence electrons. The summed E-state index contributed by atoms with van der Waals surface area (Å²) >= 11 is 0. The molecule has 2 rings (SSSR count). The average Bonchev–Trinajstić information content (AvgIpc) is 2.83. The lowest BCUT2D eigenvalue weighted by molar-refractivity contribution is 0.435. The maximum atomic E-state index is 12.1. The summed E-state index contributed by atoms with van der Waals surface area (Å²) in [6.45, 7) is 5.49. The zero-order valence-corrected chi connectivity index (χ0v) is 11.1. The molecule has 0 radical (unpaired) electrons. The second-order valence-corrected chi connectivity index (χ2v) is 4.78. The van der Waals surface area contributed by atoms with Crippen LogP contribution in [0.2, 0.25) is 0 Å². The molecule has 0 saturated heterocycles. The minimum absolute atomic E-state index is 0.0902. The minimum atomic E-state index is -0.184. The maximum absolute atomic E-state index is 12.1. The molecule has 0 atom stereocenters. The second-order valence-electron chi connectivity index (χ2n) is 4.78. The molecule has 18 heavy (non-hydrogen) atoms. The van der Waals surface area contributed by atoms with Crippen molar-refractivity contribution in [3.8, 4) is 5.88 Å². The molecule has 0 amide bonds. The van der Waals surface area contributed by atoms with Crippen LogP contribution in [-0.2, 0) is 0 Å². The van der Waals surface area contributed by atoms with E-state index in [-0.39, 0.29) is 17.4 Å². The molecule has 1 saturated carbocycles. The Bertz CT molecular complexity index is 460. The number of aromatic nitrogens is 2. The summed E-state index contributed by atoms with van der Waals surface area (Å²) < 4.78 is 0. The Balaban J connectivity index is 2.37. The van der Waals surface area contributed by atoms with Gasteiger partial charge < -0.3 is 10.0 Å². The Morgan fingerprint density at radius 1 is 1.33 bits per heavy atom. The van der Waals surface area contributed by atoms with E-state index in [0.29, 0.717) is 11.5 Å². The highest BCUT2D eigenvalue weighted by Gasteiger charge is 2.25. The van der Waals surface area contributed by atoms with Gasteiger partial charge in [0.05, 0.1) is 5.56 Å². The van der Waals surface area contributed by atoms with Crippen LogP contribution in [0.4, 0.5) is 5.95 Å². The first kappa shape index (κ1) is 12.9. The number of aromatic hydroxyl groups is 1. The summed E-state index contributed by atoms with van der Waals surface area (Å²) in [5.74, 6) is 0.545. The molecule has 1 aromatic rings. The second kappa shape index (κ2) is 5.42. The predicted octanol–water partition coefficient (Wildman–Crippen LogP) is 1.98. The topological polar surface area (TPSA) is 69.2 Å². The fourth-order valence-electron chi connectivity index (χ4n) is 2.71. The molecular formula is C13H21N3O2. The van der Waals surface area contributed by atoms with E-state index in [1.54, 1.807) is 0 Å². The van der Waals surface area contributed by atoms with E-state index in [1.165, 1.54) is 0 Å². The number of rotatable bonds is 4. The molecule has 1 heterocycles. The smallest absolute Gasteiger partial charge is 0.259 e. The average molecular weight is 251 g/mol. The standard InChI is InChI=1S/C13H21N3O2/c1-3-16(4-2)13-14-11(17)10(12(18)15-13)9-7-5-6-8-9/h9H,3-8H2,1-2H3,(H2,14,15,17,18). The summed E-state index contributed by atoms with van der Waals surface area (Å²) in [6, 6.07) is 0. The van der Waals surface area contributed by atoms with Crippen molar-refractivity contribution in [3.05, 3.63) is 15.9 Å². The van der Waals surface area contributed by atoms with Crippen molar-refractivity contribution in [2.75, 3.05) is 18.0 Å². The summed E-state index contributed by atoms with van der Waals surface area (Å²) in [5.41, 5.74) is 0.291. The fourth-order valence-corrected chi connectivity index (χ4v) is 2.71. The zero-order chi connectivity index (χ0) is 13.1. The quantitative estimate of drug-likeness (QED) is 0.858. The van der Waals surface area contributed by atoms with Gasteiger partial charge in [0.15, 0.2) is 0 Å². The van der Waals surface area contributed by atoms with Crippen molar-refractivity contribution >= 4 is 5.95 Å². The predicted molar refractivity (Wildman–Crippen MR) is 71.3 cm³/mol. The lowest BCUT2D eigenvalue weighted by atomic mass is 10.0. The number of nitrogens with one attached hydrogen (secondary N) is 1. The summed E-state index contributed by atoms with van der Waals surface area (Å²) in [5, 5.41) is 10.0. The van der Waals surface area contributed by atoms with Crippen LogP contribution in [0.1, 0.15) is 51.0 Å². The Labute approximate surface area is 107 Å². The van der Waals surface area contributed by atoms with Crippen LogP contribution < -0.4 is 10.5 Å². The highest BCUT2D eigenvalue weighted by atomic mass is 16.3. The van der Waals surface area contributed by atoms with Crippen molar-refractivity contribution in [2.24, 2.45) is 0 Å². The van der Waals surface area contributed by atoms with Gasteiger partial charge in [-0.15, -0.1) is 0 Å². The van der Waals surface area contributed by atoms with Crippen molar-refractivity contribution in [2.45, 2.75) is 45.4 Å². The monoisotopic (exact) mass is 251 g/mol. The van der Waals surface area contributed by atoms with Gasteiger partial charge in [-0.3, -0.25) is 9.78 Å². The van der Waals surface area contributed by atoms with Crippen molar-refractivity contribution in [3.63, 3.8) is 0 Å². The number of nitrogens with zero attached hydrogens (tertiary/aromatic N) is 2. The fraction of sp³-hybridized carbons (Fsp3) is 0.692. The molecule has 1 aromatic heterocycles. The lowest BCUT2D eigenvalue weighted by Gasteiger charge is -2.20. The van der Waals surface area contributed by atoms with Gasteiger partial charge in [-0.25, -0.2) is 0 Å². The summed E-state index contributed by atoms with van der Waals surface area (Å²) in [6.07, 6.45) is 4.20. The van der Waals surface area contributed by atoms with Crippen LogP contribution in [0, 0.1) is 0 Å². The summed E-state index contributed by atoms with van der Waals surface area (Å²) in [7, 11) is 0. The Morgan fingerprint density at radius 2 is 1.94 bits per heavy atom. The number of aromatic amines is 1. The van der Waals surface area contributed by atoms with Crippen LogP contribution in [0.3, 0.4) is 0 Å². The third-order valence-corrected chi connectivity index (χ3v) is 3.75. The van der Waals surface area contributed by atoms with Gasteiger partial charge in [-0.1, -0.05) is 12.8 Å². The molecule has 5 nitrogen and oxygen atoms in total. The molecule has 0 spiro atoms. The van der Waals surface area contributed by atoms with Crippen molar-refractivity contribution < 1.29 is 5.11 Å². The van der Waals surface area contributed by atoms with E-state index in [1.807, 2.05) is 18.7 Å². The summed E-state index contributed by atoms with van der Waals surface area (Å²) in [4.78, 5) is 21.0. The largest absolute Gasteiger partial charge is 0.493 e. The Morgan fingerprint density at radius 3 is 2.44 bits per heavy atom. The number of hydrogen-bond donors (Lipinski definition) is 2. The van der Waals surface area contributed by atoms with E-state index in [4.69, 9.17) is 0 Å². The molecule has 1 aliphatic carbocycles. The first-order valence-corrected chi connectivity index (χ1v) is 6.75. The first-order chi connectivity index (χ1) is 8.67. The van der Waals surface area contributed by atoms with Gasteiger partial charge in [0.1, 0.15) is 0 Å². The molecule has 0 aromatic carbocycles. The highest BCUT2D eigenvalue weighted by Crippen LogP contribution is 2.35. The molecule has 0 unspecified atom stereocenters. The van der Waals surface area contributed by atoms with Crippen LogP contribution in [-0.4, -0.2) is 28.2 Å². The molecule has 0 aliphatic heterocycles. The van der Waals surface area contributed by atoms with E-state index >= 15 is 0 Å². The zero-order valence-electron chi connectivity index (χ0n) is 11.1. The molecule has 1 aliphatic rings. The maximum Gasteiger partial charge on any atom is 0.259 e. The van der Waals surface area contributed by atoms with E-state index in [2.05, 4.69) is 9.97 Å². The number of anilines is 1. The van der Waals surface area contributed by atoms with E-state index in [0.717, 1.165) is 38.8 Å². The molecule has 2 N–H and O–H groups in total. The van der Waals surface area contributed by atoms with Gasteiger partial charge in [0.2, 0.25) is 11.8 Å². The first-order valence-electron chi connectivity index (χ1n) is 6.75. The minimum Gasteiger partial charge on any atom is -0.493 e.